The van der Waals surface area contributed by atoms with Crippen molar-refractivity contribution < 1.29 is 14.6 Å². The summed E-state index contributed by atoms with van der Waals surface area (Å²) in [4.78, 5) is 10.7. The van der Waals surface area contributed by atoms with E-state index in [1.807, 2.05) is 0 Å². The monoisotopic (exact) mass is 236 g/mol. The minimum Gasteiger partial charge on any atom is -0.480 e. The Morgan fingerprint density at radius 2 is 2.50 bits per heavy atom. The topological polar surface area (TPSA) is 46.5 Å². The Labute approximate surface area is 80.2 Å². The molecule has 1 fully saturated rings. The van der Waals surface area contributed by atoms with Gasteiger partial charge in [-0.25, -0.2) is 0 Å². The van der Waals surface area contributed by atoms with E-state index in [1.54, 1.807) is 6.92 Å². The van der Waals surface area contributed by atoms with Crippen molar-refractivity contribution in [1.82, 2.24) is 0 Å². The maximum absolute atomic E-state index is 10.7. The molecular formula is C8H13BrO3. The number of hydrogen-bond donors (Lipinski definition) is 1. The average Bonchev–Trinajstić information content (AvgIpc) is 2.38. The van der Waals surface area contributed by atoms with Crippen LogP contribution < -0.4 is 0 Å². The Balaban J connectivity index is 2.42. The molecule has 0 aromatic rings. The van der Waals surface area contributed by atoms with Crippen molar-refractivity contribution in [3.8, 4) is 0 Å². The fourth-order valence-corrected chi connectivity index (χ4v) is 1.68. The van der Waals surface area contributed by atoms with Gasteiger partial charge in [0, 0.05) is 6.61 Å². The summed E-state index contributed by atoms with van der Waals surface area (Å²) in [7, 11) is 0. The highest BCUT2D eigenvalue weighted by atomic mass is 79.9. The Bertz CT molecular complexity index is 173. The lowest BCUT2D eigenvalue weighted by atomic mass is 10.0. The van der Waals surface area contributed by atoms with Crippen LogP contribution in [0.5, 0.6) is 0 Å². The van der Waals surface area contributed by atoms with Crippen LogP contribution in [0.4, 0.5) is 0 Å². The molecule has 0 radical (unpaired) electrons. The molecule has 0 aliphatic carbocycles. The van der Waals surface area contributed by atoms with Gasteiger partial charge in [0.25, 0.3) is 0 Å². The van der Waals surface area contributed by atoms with Gasteiger partial charge in [0.15, 0.2) is 0 Å². The van der Waals surface area contributed by atoms with Gasteiger partial charge in [-0.05, 0) is 26.2 Å². The smallest absolute Gasteiger partial charge is 0.320 e. The van der Waals surface area contributed by atoms with Gasteiger partial charge in [-0.1, -0.05) is 15.9 Å². The van der Waals surface area contributed by atoms with Crippen LogP contribution in [0.25, 0.3) is 0 Å². The molecule has 0 aromatic heterocycles. The average molecular weight is 237 g/mol. The Morgan fingerprint density at radius 1 is 1.83 bits per heavy atom. The third kappa shape index (κ3) is 2.45. The van der Waals surface area contributed by atoms with Crippen molar-refractivity contribution in [2.75, 3.05) is 6.61 Å². The van der Waals surface area contributed by atoms with Crippen molar-refractivity contribution in [2.24, 2.45) is 0 Å². The molecule has 12 heavy (non-hydrogen) atoms. The first kappa shape index (κ1) is 9.99. The van der Waals surface area contributed by atoms with E-state index in [2.05, 4.69) is 15.9 Å². The molecule has 70 valence electrons. The van der Waals surface area contributed by atoms with Gasteiger partial charge in [0.1, 0.15) is 4.32 Å². The summed E-state index contributed by atoms with van der Waals surface area (Å²) in [5.41, 5.74) is 0. The molecule has 0 amide bonds. The maximum atomic E-state index is 10.7. The van der Waals surface area contributed by atoms with Crippen LogP contribution in [0.1, 0.15) is 26.2 Å². The fraction of sp³-hybridized carbons (Fsp3) is 0.875. The van der Waals surface area contributed by atoms with Crippen molar-refractivity contribution in [2.45, 2.75) is 36.6 Å². The van der Waals surface area contributed by atoms with Crippen LogP contribution >= 0.6 is 15.9 Å². The molecule has 0 spiro atoms. The Kier molecular flexibility index (Phi) is 3.12. The van der Waals surface area contributed by atoms with E-state index in [0.717, 1.165) is 19.4 Å². The molecule has 3 nitrogen and oxygen atoms in total. The maximum Gasteiger partial charge on any atom is 0.320 e. The number of aliphatic carboxylic acids is 1. The van der Waals surface area contributed by atoms with Crippen LogP contribution in [-0.2, 0) is 9.53 Å². The van der Waals surface area contributed by atoms with Crippen molar-refractivity contribution in [3.63, 3.8) is 0 Å². The molecule has 0 aromatic carbocycles. The van der Waals surface area contributed by atoms with Crippen LogP contribution in [0.2, 0.25) is 0 Å². The highest BCUT2D eigenvalue weighted by Gasteiger charge is 2.34. The third-order valence-corrected chi connectivity index (χ3v) is 2.74. The Morgan fingerprint density at radius 3 is 2.92 bits per heavy atom. The summed E-state index contributed by atoms with van der Waals surface area (Å²) in [5.74, 6) is -0.821. The van der Waals surface area contributed by atoms with E-state index in [0.29, 0.717) is 6.42 Å². The summed E-state index contributed by atoms with van der Waals surface area (Å²) in [5, 5.41) is 8.80. The van der Waals surface area contributed by atoms with E-state index in [4.69, 9.17) is 9.84 Å². The number of rotatable bonds is 3. The van der Waals surface area contributed by atoms with Gasteiger partial charge in [0.2, 0.25) is 0 Å². The summed E-state index contributed by atoms with van der Waals surface area (Å²) in [6.07, 6.45) is 2.69. The zero-order valence-electron chi connectivity index (χ0n) is 7.05. The molecule has 1 heterocycles. The number of carboxylic acid groups (broad SMARTS) is 1. The van der Waals surface area contributed by atoms with Crippen molar-refractivity contribution in [3.05, 3.63) is 0 Å². The summed E-state index contributed by atoms with van der Waals surface area (Å²) in [6, 6.07) is 0. The van der Waals surface area contributed by atoms with Crippen molar-refractivity contribution >= 4 is 21.9 Å². The van der Waals surface area contributed by atoms with Gasteiger partial charge < -0.3 is 9.84 Å². The SMILES string of the molecule is CC(Br)(CC1CCCO1)C(=O)O. The molecule has 1 saturated heterocycles. The van der Waals surface area contributed by atoms with Crippen LogP contribution in [0.3, 0.4) is 0 Å². The second kappa shape index (κ2) is 3.75. The number of carbonyl (C=O) groups is 1. The second-order valence-corrected chi connectivity index (χ2v) is 5.09. The number of ether oxygens (including phenoxy) is 1. The van der Waals surface area contributed by atoms with Crippen LogP contribution in [0, 0.1) is 0 Å². The predicted molar refractivity (Wildman–Crippen MR) is 48.6 cm³/mol. The number of carboxylic acids is 1. The molecule has 1 aliphatic heterocycles. The zero-order chi connectivity index (χ0) is 9.19. The first-order chi connectivity index (χ1) is 5.52. The summed E-state index contributed by atoms with van der Waals surface area (Å²) in [6.45, 7) is 2.43. The standard InChI is InChI=1S/C8H13BrO3/c1-8(9,7(10)11)5-6-3-2-4-12-6/h6H,2-5H2,1H3,(H,10,11). The van der Waals surface area contributed by atoms with Crippen LogP contribution in [-0.4, -0.2) is 28.1 Å². The summed E-state index contributed by atoms with van der Waals surface area (Å²) >= 11 is 3.18. The van der Waals surface area contributed by atoms with Gasteiger partial charge >= 0.3 is 5.97 Å². The van der Waals surface area contributed by atoms with Gasteiger partial charge in [-0.2, -0.15) is 0 Å². The molecule has 2 atom stereocenters. The molecular weight excluding hydrogens is 224 g/mol. The molecule has 4 heteroatoms. The van der Waals surface area contributed by atoms with Crippen molar-refractivity contribution in [1.29, 1.82) is 0 Å². The molecule has 0 bridgehead atoms. The highest BCUT2D eigenvalue weighted by Crippen LogP contribution is 2.29. The lowest BCUT2D eigenvalue weighted by Crippen LogP contribution is -2.32. The normalized spacial score (nSPS) is 28.3. The number of hydrogen-bond acceptors (Lipinski definition) is 2. The molecule has 1 rings (SSSR count). The largest absolute Gasteiger partial charge is 0.480 e. The lowest BCUT2D eigenvalue weighted by Gasteiger charge is -2.20. The zero-order valence-corrected chi connectivity index (χ0v) is 8.63. The fourth-order valence-electron chi connectivity index (χ4n) is 1.32. The number of halogens is 1. The van der Waals surface area contributed by atoms with E-state index in [1.165, 1.54) is 0 Å². The van der Waals surface area contributed by atoms with Crippen LogP contribution in [0.15, 0.2) is 0 Å². The van der Waals surface area contributed by atoms with E-state index >= 15 is 0 Å². The van der Waals surface area contributed by atoms with E-state index in [9.17, 15) is 4.79 Å². The Hall–Kier alpha value is -0.0900. The molecule has 1 aliphatic rings. The summed E-state index contributed by atoms with van der Waals surface area (Å²) < 4.78 is 4.51. The first-order valence-corrected chi connectivity index (χ1v) is 4.85. The highest BCUT2D eigenvalue weighted by molar-refractivity contribution is 9.10. The van der Waals surface area contributed by atoms with Gasteiger partial charge in [0.05, 0.1) is 6.10 Å². The third-order valence-electron chi connectivity index (χ3n) is 2.08. The van der Waals surface area contributed by atoms with E-state index in [-0.39, 0.29) is 6.10 Å². The quantitative estimate of drug-likeness (QED) is 0.761. The minimum atomic E-state index is -0.831. The molecule has 1 N–H and O–H groups in total. The lowest BCUT2D eigenvalue weighted by molar-refractivity contribution is -0.140. The predicted octanol–water partition coefficient (Wildman–Crippen LogP) is 1.79. The molecule has 0 saturated carbocycles. The minimum absolute atomic E-state index is 0.116. The number of alkyl halides is 1. The van der Waals surface area contributed by atoms with Gasteiger partial charge in [-0.3, -0.25) is 4.79 Å². The molecule has 2 unspecified atom stereocenters. The van der Waals surface area contributed by atoms with Gasteiger partial charge in [-0.15, -0.1) is 0 Å². The second-order valence-electron chi connectivity index (χ2n) is 3.34. The van der Waals surface area contributed by atoms with E-state index < -0.39 is 10.3 Å². The first-order valence-electron chi connectivity index (χ1n) is 4.06.